The Morgan fingerprint density at radius 2 is 1.60 bits per heavy atom. The molecule has 0 spiro atoms. The van der Waals surface area contributed by atoms with Gasteiger partial charge in [-0.15, -0.1) is 0 Å². The van der Waals surface area contributed by atoms with Crippen LogP contribution in [0.1, 0.15) is 30.9 Å². The summed E-state index contributed by atoms with van der Waals surface area (Å²) in [5, 5.41) is 0. The second kappa shape index (κ2) is 7.83. The third-order valence-corrected chi connectivity index (χ3v) is 4.47. The lowest BCUT2D eigenvalue weighted by molar-refractivity contribution is -0.123. The van der Waals surface area contributed by atoms with E-state index in [2.05, 4.69) is 0 Å². The summed E-state index contributed by atoms with van der Waals surface area (Å²) in [5.74, 6) is -3.72. The van der Waals surface area contributed by atoms with Crippen LogP contribution in [0.4, 0.5) is 13.2 Å². The molecule has 0 heterocycles. The summed E-state index contributed by atoms with van der Waals surface area (Å²) in [6.07, 6.45) is 0.228. The standard InChI is InChI=1S/C20H22F3NO/c1-4-17(25)20(12-13-24(2)3,14-8-6-5-7-9-14)18-15(21)10-11-16(22)19(18)23/h5-11H,4,12-13H2,1-3H3/t20-/m1/s1. The van der Waals surface area contributed by atoms with E-state index in [-0.39, 0.29) is 18.6 Å². The fraction of sp³-hybridized carbons (Fsp3) is 0.350. The van der Waals surface area contributed by atoms with E-state index in [1.54, 1.807) is 37.3 Å². The summed E-state index contributed by atoms with van der Waals surface area (Å²) in [4.78, 5) is 14.8. The Labute approximate surface area is 146 Å². The van der Waals surface area contributed by atoms with Crippen LogP contribution in [0.3, 0.4) is 0 Å². The van der Waals surface area contributed by atoms with Gasteiger partial charge < -0.3 is 4.90 Å². The topological polar surface area (TPSA) is 20.3 Å². The Morgan fingerprint density at radius 1 is 1.00 bits per heavy atom. The monoisotopic (exact) mass is 349 g/mol. The molecular weight excluding hydrogens is 327 g/mol. The van der Waals surface area contributed by atoms with E-state index < -0.39 is 28.4 Å². The molecule has 2 nitrogen and oxygen atoms in total. The second-order valence-corrected chi connectivity index (χ2v) is 6.32. The Morgan fingerprint density at radius 3 is 2.16 bits per heavy atom. The molecule has 2 aromatic rings. The minimum Gasteiger partial charge on any atom is -0.309 e. The van der Waals surface area contributed by atoms with Gasteiger partial charge in [-0.1, -0.05) is 37.3 Å². The van der Waals surface area contributed by atoms with Gasteiger partial charge in [0.05, 0.1) is 5.41 Å². The summed E-state index contributed by atoms with van der Waals surface area (Å²) in [7, 11) is 3.62. The molecule has 2 aromatic carbocycles. The molecule has 2 rings (SSSR count). The Kier molecular flexibility index (Phi) is 6.01. The number of halogens is 3. The summed E-state index contributed by atoms with van der Waals surface area (Å²) in [5.41, 5.74) is -1.61. The number of hydrogen-bond acceptors (Lipinski definition) is 2. The van der Waals surface area contributed by atoms with Gasteiger partial charge >= 0.3 is 0 Å². The third-order valence-electron chi connectivity index (χ3n) is 4.47. The first-order chi connectivity index (χ1) is 11.8. The zero-order valence-corrected chi connectivity index (χ0v) is 14.7. The van der Waals surface area contributed by atoms with Crippen molar-refractivity contribution in [2.75, 3.05) is 20.6 Å². The van der Waals surface area contributed by atoms with E-state index in [0.717, 1.165) is 12.1 Å². The van der Waals surface area contributed by atoms with Gasteiger partial charge in [-0.05, 0) is 44.8 Å². The molecule has 0 bridgehead atoms. The van der Waals surface area contributed by atoms with Crippen LogP contribution < -0.4 is 0 Å². The van der Waals surface area contributed by atoms with Crippen molar-refractivity contribution >= 4 is 5.78 Å². The number of carbonyl (C=O) groups is 1. The molecule has 0 fully saturated rings. The Balaban J connectivity index is 2.83. The predicted octanol–water partition coefficient (Wildman–Crippen LogP) is 4.32. The lowest BCUT2D eigenvalue weighted by Gasteiger charge is -2.35. The maximum Gasteiger partial charge on any atom is 0.166 e. The molecule has 5 heteroatoms. The van der Waals surface area contributed by atoms with Gasteiger partial charge in [0, 0.05) is 12.0 Å². The number of ketones is 1. The molecule has 0 saturated heterocycles. The molecule has 134 valence electrons. The van der Waals surface area contributed by atoms with E-state index in [9.17, 15) is 18.0 Å². The molecule has 0 N–H and O–H groups in total. The van der Waals surface area contributed by atoms with Gasteiger partial charge in [0.1, 0.15) is 11.6 Å². The highest BCUT2D eigenvalue weighted by atomic mass is 19.2. The number of nitrogens with zero attached hydrogens (tertiary/aromatic N) is 1. The number of rotatable bonds is 7. The summed E-state index contributed by atoms with van der Waals surface area (Å²) >= 11 is 0. The maximum absolute atomic E-state index is 14.7. The van der Waals surface area contributed by atoms with Crippen LogP contribution in [0, 0.1) is 17.5 Å². The maximum atomic E-state index is 14.7. The van der Waals surface area contributed by atoms with Gasteiger partial charge in [0.15, 0.2) is 11.6 Å². The highest BCUT2D eigenvalue weighted by Crippen LogP contribution is 2.41. The average Bonchev–Trinajstić information content (AvgIpc) is 2.61. The summed E-state index contributed by atoms with van der Waals surface area (Å²) in [6, 6.07) is 10.1. The molecule has 1 atom stereocenters. The SMILES string of the molecule is CCC(=O)[C@@](CCN(C)C)(c1ccccc1)c1c(F)ccc(F)c1F. The van der Waals surface area contributed by atoms with Gasteiger partial charge in [0.2, 0.25) is 0 Å². The molecule has 0 aliphatic rings. The van der Waals surface area contributed by atoms with Crippen molar-refractivity contribution in [3.8, 4) is 0 Å². The first kappa shape index (κ1) is 19.2. The van der Waals surface area contributed by atoms with Gasteiger partial charge in [0.25, 0.3) is 0 Å². The van der Waals surface area contributed by atoms with Crippen LogP contribution in [0.5, 0.6) is 0 Å². The first-order valence-corrected chi connectivity index (χ1v) is 8.22. The van der Waals surface area contributed by atoms with Gasteiger partial charge in [-0.25, -0.2) is 13.2 Å². The highest BCUT2D eigenvalue weighted by molar-refractivity contribution is 5.93. The highest BCUT2D eigenvalue weighted by Gasteiger charge is 2.45. The fourth-order valence-electron chi connectivity index (χ4n) is 3.19. The van der Waals surface area contributed by atoms with E-state index in [4.69, 9.17) is 0 Å². The van der Waals surface area contributed by atoms with Crippen LogP contribution in [-0.4, -0.2) is 31.3 Å². The Hall–Kier alpha value is -2.14. The number of benzene rings is 2. The van der Waals surface area contributed by atoms with Crippen molar-refractivity contribution in [2.45, 2.75) is 25.2 Å². The molecule has 0 saturated carbocycles. The van der Waals surface area contributed by atoms with Crippen molar-refractivity contribution in [3.05, 3.63) is 71.0 Å². The van der Waals surface area contributed by atoms with Gasteiger partial charge in [-0.2, -0.15) is 0 Å². The predicted molar refractivity (Wildman–Crippen MR) is 92.0 cm³/mol. The van der Waals surface area contributed by atoms with E-state index >= 15 is 0 Å². The van der Waals surface area contributed by atoms with E-state index in [0.29, 0.717) is 12.1 Å². The molecule has 0 amide bonds. The van der Waals surface area contributed by atoms with Crippen molar-refractivity contribution in [2.24, 2.45) is 0 Å². The number of Topliss-reactive ketones (excluding diaryl/α,β-unsaturated/α-hetero) is 1. The lowest BCUT2D eigenvalue weighted by atomic mass is 9.67. The van der Waals surface area contributed by atoms with Crippen molar-refractivity contribution < 1.29 is 18.0 Å². The fourth-order valence-corrected chi connectivity index (χ4v) is 3.19. The Bertz CT molecular complexity index is 746. The largest absolute Gasteiger partial charge is 0.309 e. The van der Waals surface area contributed by atoms with Gasteiger partial charge in [-0.3, -0.25) is 4.79 Å². The van der Waals surface area contributed by atoms with Crippen molar-refractivity contribution in [1.29, 1.82) is 0 Å². The van der Waals surface area contributed by atoms with Crippen LogP contribution >= 0.6 is 0 Å². The number of hydrogen-bond donors (Lipinski definition) is 0. The average molecular weight is 349 g/mol. The zero-order valence-electron chi connectivity index (χ0n) is 14.7. The minimum atomic E-state index is -1.57. The molecule has 25 heavy (non-hydrogen) atoms. The summed E-state index contributed by atoms with van der Waals surface area (Å²) in [6.45, 7) is 2.06. The molecule has 0 unspecified atom stereocenters. The molecule has 0 radical (unpaired) electrons. The molecule has 0 aliphatic heterocycles. The minimum absolute atomic E-state index is 0.0811. The quantitative estimate of drug-likeness (QED) is 0.694. The van der Waals surface area contributed by atoms with Crippen LogP contribution in [0.25, 0.3) is 0 Å². The summed E-state index contributed by atoms with van der Waals surface area (Å²) < 4.78 is 43.3. The second-order valence-electron chi connectivity index (χ2n) is 6.32. The van der Waals surface area contributed by atoms with E-state index in [1.807, 2.05) is 19.0 Å². The van der Waals surface area contributed by atoms with Crippen LogP contribution in [-0.2, 0) is 10.2 Å². The molecule has 0 aromatic heterocycles. The lowest BCUT2D eigenvalue weighted by Crippen LogP contribution is -2.41. The third kappa shape index (κ3) is 3.61. The number of carbonyl (C=O) groups excluding carboxylic acids is 1. The zero-order chi connectivity index (χ0) is 18.6. The van der Waals surface area contributed by atoms with Crippen LogP contribution in [0.2, 0.25) is 0 Å². The van der Waals surface area contributed by atoms with E-state index in [1.165, 1.54) is 0 Å². The van der Waals surface area contributed by atoms with Crippen LogP contribution in [0.15, 0.2) is 42.5 Å². The van der Waals surface area contributed by atoms with Crippen molar-refractivity contribution in [1.82, 2.24) is 4.90 Å². The smallest absolute Gasteiger partial charge is 0.166 e. The normalized spacial score (nSPS) is 13.7. The molecular formula is C20H22F3NO. The van der Waals surface area contributed by atoms with Crippen molar-refractivity contribution in [3.63, 3.8) is 0 Å². The first-order valence-electron chi connectivity index (χ1n) is 8.22. The molecule has 0 aliphatic carbocycles.